The quantitative estimate of drug-likeness (QED) is 0.743. The lowest BCUT2D eigenvalue weighted by Crippen LogP contribution is -2.43. The zero-order valence-electron chi connectivity index (χ0n) is 11.7. The van der Waals surface area contributed by atoms with E-state index in [9.17, 15) is 9.59 Å². The Morgan fingerprint density at radius 3 is 2.50 bits per heavy atom. The lowest BCUT2D eigenvalue weighted by molar-refractivity contribution is -0.119. The van der Waals surface area contributed by atoms with Gasteiger partial charge >= 0.3 is 6.03 Å². The molecule has 5 nitrogen and oxygen atoms in total. The molecule has 0 saturated carbocycles. The van der Waals surface area contributed by atoms with E-state index in [4.69, 9.17) is 0 Å². The average molecular weight is 342 g/mol. The van der Waals surface area contributed by atoms with Crippen molar-refractivity contribution in [3.05, 3.63) is 34.3 Å². The summed E-state index contributed by atoms with van der Waals surface area (Å²) in [6.07, 6.45) is 0.761. The van der Waals surface area contributed by atoms with Crippen molar-refractivity contribution in [2.24, 2.45) is 0 Å². The number of rotatable bonds is 6. The molecule has 3 N–H and O–H groups in total. The molecule has 1 atom stereocenters. The van der Waals surface area contributed by atoms with Crippen LogP contribution in [0.2, 0.25) is 0 Å². The number of carbonyl (C=O) groups is 2. The summed E-state index contributed by atoms with van der Waals surface area (Å²) in [7, 11) is 0. The van der Waals surface area contributed by atoms with Crippen LogP contribution in [-0.2, 0) is 4.79 Å². The van der Waals surface area contributed by atoms with Crippen LogP contribution in [0.1, 0.15) is 31.9 Å². The summed E-state index contributed by atoms with van der Waals surface area (Å²) in [4.78, 5) is 23.1. The fraction of sp³-hybridized carbons (Fsp3) is 0.429. The highest BCUT2D eigenvalue weighted by Gasteiger charge is 2.15. The van der Waals surface area contributed by atoms with E-state index in [-0.39, 0.29) is 24.5 Å². The number of hydrogen-bond acceptors (Lipinski definition) is 2. The van der Waals surface area contributed by atoms with E-state index in [1.54, 1.807) is 0 Å². The number of amides is 3. The summed E-state index contributed by atoms with van der Waals surface area (Å²) >= 11 is 3.47. The number of likely N-dealkylation sites (N-methyl/N-ethyl adjacent to an activating group) is 1. The molecule has 3 amide bonds. The summed E-state index contributed by atoms with van der Waals surface area (Å²) < 4.78 is 0.955. The molecule has 0 aliphatic rings. The van der Waals surface area contributed by atoms with E-state index < -0.39 is 0 Å². The maximum absolute atomic E-state index is 11.8. The molecule has 6 heteroatoms. The van der Waals surface area contributed by atoms with E-state index in [2.05, 4.69) is 31.9 Å². The Morgan fingerprint density at radius 1 is 1.20 bits per heavy atom. The van der Waals surface area contributed by atoms with Crippen molar-refractivity contribution >= 4 is 27.9 Å². The van der Waals surface area contributed by atoms with Crippen molar-refractivity contribution in [2.75, 3.05) is 13.1 Å². The molecule has 0 fully saturated rings. The van der Waals surface area contributed by atoms with E-state index in [1.165, 1.54) is 0 Å². The number of benzene rings is 1. The second kappa shape index (κ2) is 8.58. The van der Waals surface area contributed by atoms with Gasteiger partial charge in [0.25, 0.3) is 0 Å². The van der Waals surface area contributed by atoms with Crippen LogP contribution < -0.4 is 16.0 Å². The van der Waals surface area contributed by atoms with Crippen LogP contribution in [0.5, 0.6) is 0 Å². The molecule has 1 rings (SSSR count). The first-order chi connectivity index (χ1) is 9.58. The van der Waals surface area contributed by atoms with Gasteiger partial charge in [-0.3, -0.25) is 4.79 Å². The molecule has 0 heterocycles. The molecule has 0 aromatic heterocycles. The maximum atomic E-state index is 11.8. The molecule has 0 aliphatic carbocycles. The number of nitrogens with one attached hydrogen (secondary N) is 3. The van der Waals surface area contributed by atoms with Crippen LogP contribution in [-0.4, -0.2) is 25.0 Å². The molecule has 110 valence electrons. The molecule has 0 bridgehead atoms. The lowest BCUT2D eigenvalue weighted by atomic mass is 10.1. The van der Waals surface area contributed by atoms with E-state index >= 15 is 0 Å². The third-order valence-corrected chi connectivity index (χ3v) is 3.50. The van der Waals surface area contributed by atoms with Gasteiger partial charge in [0, 0.05) is 11.0 Å². The summed E-state index contributed by atoms with van der Waals surface area (Å²) in [5.41, 5.74) is 1.02. The summed E-state index contributed by atoms with van der Waals surface area (Å²) in [5, 5.41) is 8.03. The van der Waals surface area contributed by atoms with Crippen LogP contribution in [0.4, 0.5) is 4.79 Å². The normalized spacial score (nSPS) is 11.6. The summed E-state index contributed by atoms with van der Waals surface area (Å²) in [5.74, 6) is -0.198. The Labute approximate surface area is 127 Å². The highest BCUT2D eigenvalue weighted by Crippen LogP contribution is 2.24. The van der Waals surface area contributed by atoms with Gasteiger partial charge in [-0.1, -0.05) is 41.1 Å². The van der Waals surface area contributed by atoms with Gasteiger partial charge in [0.05, 0.1) is 12.6 Å². The Kier molecular flexibility index (Phi) is 7.08. The van der Waals surface area contributed by atoms with Gasteiger partial charge in [0.1, 0.15) is 0 Å². The van der Waals surface area contributed by atoms with Crippen molar-refractivity contribution in [2.45, 2.75) is 26.3 Å². The molecule has 1 aromatic rings. The van der Waals surface area contributed by atoms with Gasteiger partial charge in [-0.25, -0.2) is 4.79 Å². The Bertz CT molecular complexity index is 465. The molecular weight excluding hydrogens is 322 g/mol. The molecule has 1 unspecified atom stereocenters. The largest absolute Gasteiger partial charge is 0.355 e. The molecule has 0 saturated heterocycles. The fourth-order valence-corrected chi connectivity index (χ4v) is 2.35. The van der Waals surface area contributed by atoms with Gasteiger partial charge < -0.3 is 16.0 Å². The molecule has 0 radical (unpaired) electrons. The second-order valence-corrected chi connectivity index (χ2v) is 5.12. The number of carbonyl (C=O) groups excluding carboxylic acids is 2. The molecule has 1 aromatic carbocycles. The molecule has 0 aliphatic heterocycles. The standard InChI is InChI=1S/C14H20BrN3O2/c1-3-12(10-7-5-6-8-11(10)15)18-14(20)17-9-13(19)16-4-2/h5-8,12H,3-4,9H2,1-2H3,(H,16,19)(H2,17,18,20). The second-order valence-electron chi connectivity index (χ2n) is 4.26. The highest BCUT2D eigenvalue weighted by molar-refractivity contribution is 9.10. The van der Waals surface area contributed by atoms with E-state index in [0.29, 0.717) is 6.54 Å². The van der Waals surface area contributed by atoms with Crippen LogP contribution >= 0.6 is 15.9 Å². The van der Waals surface area contributed by atoms with Crippen molar-refractivity contribution in [1.82, 2.24) is 16.0 Å². The van der Waals surface area contributed by atoms with Crippen molar-refractivity contribution < 1.29 is 9.59 Å². The number of urea groups is 1. The lowest BCUT2D eigenvalue weighted by Gasteiger charge is -2.19. The zero-order chi connectivity index (χ0) is 15.0. The van der Waals surface area contributed by atoms with Crippen molar-refractivity contribution in [3.63, 3.8) is 0 Å². The van der Waals surface area contributed by atoms with Crippen LogP contribution in [0.25, 0.3) is 0 Å². The third kappa shape index (κ3) is 5.21. The van der Waals surface area contributed by atoms with Gasteiger partial charge in [0.15, 0.2) is 0 Å². The Balaban J connectivity index is 2.54. The highest BCUT2D eigenvalue weighted by atomic mass is 79.9. The van der Waals surface area contributed by atoms with Gasteiger partial charge in [-0.05, 0) is 25.0 Å². The monoisotopic (exact) mass is 341 g/mol. The Morgan fingerprint density at radius 2 is 1.90 bits per heavy atom. The first-order valence-corrected chi connectivity index (χ1v) is 7.43. The smallest absolute Gasteiger partial charge is 0.315 e. The van der Waals surface area contributed by atoms with E-state index in [0.717, 1.165) is 16.5 Å². The predicted octanol–water partition coefficient (Wildman–Crippen LogP) is 2.34. The molecular formula is C14H20BrN3O2. The minimum absolute atomic E-state index is 0.0218. The zero-order valence-corrected chi connectivity index (χ0v) is 13.3. The van der Waals surface area contributed by atoms with Crippen molar-refractivity contribution in [3.8, 4) is 0 Å². The van der Waals surface area contributed by atoms with Crippen LogP contribution in [0, 0.1) is 0 Å². The SMILES string of the molecule is CCNC(=O)CNC(=O)NC(CC)c1ccccc1Br. The topological polar surface area (TPSA) is 70.2 Å². The summed E-state index contributed by atoms with van der Waals surface area (Å²) in [6.45, 7) is 4.36. The van der Waals surface area contributed by atoms with Crippen LogP contribution in [0.3, 0.4) is 0 Å². The maximum Gasteiger partial charge on any atom is 0.315 e. The number of halogens is 1. The molecule has 20 heavy (non-hydrogen) atoms. The first kappa shape index (κ1) is 16.5. The predicted molar refractivity (Wildman–Crippen MR) is 82.4 cm³/mol. The van der Waals surface area contributed by atoms with E-state index in [1.807, 2.05) is 38.1 Å². The van der Waals surface area contributed by atoms with Gasteiger partial charge in [-0.15, -0.1) is 0 Å². The van der Waals surface area contributed by atoms with Gasteiger partial charge in [-0.2, -0.15) is 0 Å². The van der Waals surface area contributed by atoms with Crippen molar-refractivity contribution in [1.29, 1.82) is 0 Å². The van der Waals surface area contributed by atoms with Crippen LogP contribution in [0.15, 0.2) is 28.7 Å². The fourth-order valence-electron chi connectivity index (χ4n) is 1.79. The average Bonchev–Trinajstić information content (AvgIpc) is 2.44. The Hall–Kier alpha value is -1.56. The molecule has 0 spiro atoms. The first-order valence-electron chi connectivity index (χ1n) is 6.64. The number of hydrogen-bond donors (Lipinski definition) is 3. The summed E-state index contributed by atoms with van der Waals surface area (Å²) in [6, 6.07) is 7.31. The minimum atomic E-state index is -0.348. The minimum Gasteiger partial charge on any atom is -0.355 e. The van der Waals surface area contributed by atoms with Gasteiger partial charge in [0.2, 0.25) is 5.91 Å². The third-order valence-electron chi connectivity index (χ3n) is 2.78.